The van der Waals surface area contributed by atoms with E-state index in [0.29, 0.717) is 0 Å². The Morgan fingerprint density at radius 1 is 0.694 bits per heavy atom. The second kappa shape index (κ2) is 11.3. The van der Waals surface area contributed by atoms with Crippen molar-refractivity contribution in [3.8, 4) is 0 Å². The van der Waals surface area contributed by atoms with Crippen molar-refractivity contribution in [2.45, 2.75) is 107 Å². The highest BCUT2D eigenvalue weighted by Gasteiger charge is 2.52. The lowest BCUT2D eigenvalue weighted by atomic mass is 9.94. The van der Waals surface area contributed by atoms with Gasteiger partial charge in [-0.05, 0) is 74.8 Å². The van der Waals surface area contributed by atoms with E-state index in [4.69, 9.17) is 23.7 Å². The van der Waals surface area contributed by atoms with Crippen LogP contribution in [0.2, 0.25) is 0 Å². The molecule has 36 heavy (non-hydrogen) atoms. The number of carbonyl (C=O) groups is 3. The molecule has 1 fully saturated rings. The molecule has 0 spiro atoms. The molecule has 0 bridgehead atoms. The fourth-order valence-corrected chi connectivity index (χ4v) is 3.20. The monoisotopic (exact) mass is 506 g/mol. The molecule has 1 aromatic rings. The second-order valence-corrected chi connectivity index (χ2v) is 12.4. The average Bonchev–Trinajstić information content (AvgIpc) is 2.74. The van der Waals surface area contributed by atoms with Gasteiger partial charge in [0.25, 0.3) is 0 Å². The molecule has 0 aliphatic carbocycles. The molecule has 1 heterocycles. The highest BCUT2D eigenvalue weighted by molar-refractivity contribution is 5.77. The minimum atomic E-state index is -1.25. The number of ether oxygens (including phenoxy) is 5. The van der Waals surface area contributed by atoms with Gasteiger partial charge in [0.1, 0.15) is 6.10 Å². The molecule has 1 aromatic carbocycles. The molecule has 8 heteroatoms. The van der Waals surface area contributed by atoms with Crippen LogP contribution in [0.1, 0.15) is 74.8 Å². The maximum Gasteiger partial charge on any atom is 0.313 e. The number of benzene rings is 1. The van der Waals surface area contributed by atoms with Gasteiger partial charge in [-0.1, -0.05) is 30.3 Å². The highest BCUT2D eigenvalue weighted by atomic mass is 16.7. The normalized spacial score (nSPS) is 25.1. The SMILES string of the molecule is C[C@H]1O[C@H](OC(=O)C(C)(C)C)[C@H](OC(=O)C(C)(C)C)[C@@H](OCc2ccccc2)[C@@H]1OC(=O)C(C)(C)C. The van der Waals surface area contributed by atoms with Crippen LogP contribution in [0.25, 0.3) is 0 Å². The predicted octanol–water partition coefficient (Wildman–Crippen LogP) is 4.82. The summed E-state index contributed by atoms with van der Waals surface area (Å²) < 4.78 is 29.7. The molecule has 5 atom stereocenters. The van der Waals surface area contributed by atoms with Gasteiger partial charge in [-0.2, -0.15) is 0 Å². The van der Waals surface area contributed by atoms with Crippen molar-refractivity contribution in [3.05, 3.63) is 35.9 Å². The van der Waals surface area contributed by atoms with Gasteiger partial charge in [0, 0.05) is 0 Å². The van der Waals surface area contributed by atoms with Gasteiger partial charge >= 0.3 is 17.9 Å². The Morgan fingerprint density at radius 2 is 1.14 bits per heavy atom. The van der Waals surface area contributed by atoms with E-state index in [2.05, 4.69) is 0 Å². The quantitative estimate of drug-likeness (QED) is 0.400. The summed E-state index contributed by atoms with van der Waals surface area (Å²) in [4.78, 5) is 38.6. The third-order valence-electron chi connectivity index (χ3n) is 5.56. The van der Waals surface area contributed by atoms with Crippen LogP contribution in [-0.2, 0) is 44.7 Å². The number of rotatable bonds is 6. The molecule has 0 N–H and O–H groups in total. The van der Waals surface area contributed by atoms with Gasteiger partial charge in [0.2, 0.25) is 6.29 Å². The Bertz CT molecular complexity index is 904. The fourth-order valence-electron chi connectivity index (χ4n) is 3.20. The summed E-state index contributed by atoms with van der Waals surface area (Å²) in [7, 11) is 0. The largest absolute Gasteiger partial charge is 0.456 e. The minimum absolute atomic E-state index is 0.158. The van der Waals surface area contributed by atoms with E-state index in [1.165, 1.54) is 0 Å². The zero-order valence-electron chi connectivity index (χ0n) is 23.2. The van der Waals surface area contributed by atoms with Gasteiger partial charge in [0.05, 0.1) is 29.0 Å². The molecule has 2 rings (SSSR count). The van der Waals surface area contributed by atoms with E-state index < -0.39 is 64.9 Å². The summed E-state index contributed by atoms with van der Waals surface area (Å²) in [6, 6.07) is 9.45. The van der Waals surface area contributed by atoms with E-state index in [1.54, 1.807) is 69.2 Å². The van der Waals surface area contributed by atoms with Crippen LogP contribution in [0.5, 0.6) is 0 Å². The number of carbonyl (C=O) groups excluding carboxylic acids is 3. The van der Waals surface area contributed by atoms with Crippen LogP contribution in [-0.4, -0.2) is 48.6 Å². The lowest BCUT2D eigenvalue weighted by Gasteiger charge is -2.45. The van der Waals surface area contributed by atoms with Gasteiger partial charge in [-0.3, -0.25) is 14.4 Å². The first-order valence-corrected chi connectivity index (χ1v) is 12.4. The molecule has 0 unspecified atom stereocenters. The summed E-state index contributed by atoms with van der Waals surface area (Å²) >= 11 is 0. The summed E-state index contributed by atoms with van der Waals surface area (Å²) in [6.07, 6.45) is -4.99. The van der Waals surface area contributed by atoms with Crippen molar-refractivity contribution >= 4 is 17.9 Å². The highest BCUT2D eigenvalue weighted by Crippen LogP contribution is 2.34. The first-order chi connectivity index (χ1) is 16.4. The van der Waals surface area contributed by atoms with Crippen molar-refractivity contribution < 1.29 is 38.1 Å². The van der Waals surface area contributed by atoms with Crippen molar-refractivity contribution in [2.75, 3.05) is 0 Å². The fraction of sp³-hybridized carbons (Fsp3) is 0.679. The number of esters is 3. The molecule has 1 aliphatic rings. The molecule has 8 nitrogen and oxygen atoms in total. The molecular formula is C28H42O8. The van der Waals surface area contributed by atoms with Crippen molar-refractivity contribution in [1.29, 1.82) is 0 Å². The van der Waals surface area contributed by atoms with E-state index in [-0.39, 0.29) is 6.61 Å². The Labute approximate surface area is 215 Å². The van der Waals surface area contributed by atoms with Crippen LogP contribution in [0.3, 0.4) is 0 Å². The van der Waals surface area contributed by atoms with E-state index >= 15 is 0 Å². The van der Waals surface area contributed by atoms with Crippen LogP contribution in [0.4, 0.5) is 0 Å². The molecule has 202 valence electrons. The van der Waals surface area contributed by atoms with Crippen molar-refractivity contribution in [3.63, 3.8) is 0 Å². The van der Waals surface area contributed by atoms with Crippen LogP contribution in [0, 0.1) is 16.2 Å². The molecule has 0 radical (unpaired) electrons. The third-order valence-corrected chi connectivity index (χ3v) is 5.56. The van der Waals surface area contributed by atoms with Crippen LogP contribution >= 0.6 is 0 Å². The first-order valence-electron chi connectivity index (χ1n) is 12.4. The molecule has 0 amide bonds. The molecular weight excluding hydrogens is 464 g/mol. The average molecular weight is 507 g/mol. The Hall–Kier alpha value is -2.45. The maximum atomic E-state index is 13.0. The van der Waals surface area contributed by atoms with Gasteiger partial charge < -0.3 is 23.7 Å². The Kier molecular flexibility index (Phi) is 9.35. The summed E-state index contributed by atoms with van der Waals surface area (Å²) in [5.74, 6) is -1.51. The molecule has 0 aromatic heterocycles. The smallest absolute Gasteiger partial charge is 0.313 e. The molecule has 1 saturated heterocycles. The number of hydrogen-bond acceptors (Lipinski definition) is 8. The first kappa shape index (κ1) is 29.8. The van der Waals surface area contributed by atoms with Gasteiger partial charge in [0.15, 0.2) is 12.2 Å². The van der Waals surface area contributed by atoms with E-state index in [9.17, 15) is 14.4 Å². The van der Waals surface area contributed by atoms with Crippen molar-refractivity contribution in [2.24, 2.45) is 16.2 Å². The summed E-state index contributed by atoms with van der Waals surface area (Å²) in [5, 5.41) is 0. The summed E-state index contributed by atoms with van der Waals surface area (Å²) in [6.45, 7) is 17.4. The van der Waals surface area contributed by atoms with Crippen LogP contribution < -0.4 is 0 Å². The lowest BCUT2D eigenvalue weighted by molar-refractivity contribution is -0.303. The van der Waals surface area contributed by atoms with Crippen molar-refractivity contribution in [1.82, 2.24) is 0 Å². The summed E-state index contributed by atoms with van der Waals surface area (Å²) in [5.41, 5.74) is -1.57. The number of hydrogen-bond donors (Lipinski definition) is 0. The molecule has 0 saturated carbocycles. The molecule has 1 aliphatic heterocycles. The zero-order valence-corrected chi connectivity index (χ0v) is 23.2. The van der Waals surface area contributed by atoms with E-state index in [0.717, 1.165) is 5.56 Å². The lowest BCUT2D eigenvalue weighted by Crippen LogP contribution is -2.62. The predicted molar refractivity (Wildman–Crippen MR) is 134 cm³/mol. The maximum absolute atomic E-state index is 13.0. The van der Waals surface area contributed by atoms with Gasteiger partial charge in [-0.15, -0.1) is 0 Å². The minimum Gasteiger partial charge on any atom is -0.456 e. The third kappa shape index (κ3) is 8.03. The van der Waals surface area contributed by atoms with Crippen LogP contribution in [0.15, 0.2) is 30.3 Å². The van der Waals surface area contributed by atoms with Gasteiger partial charge in [-0.25, -0.2) is 0 Å². The van der Waals surface area contributed by atoms with E-state index in [1.807, 2.05) is 30.3 Å². The topological polar surface area (TPSA) is 97.4 Å². The Balaban J connectivity index is 2.48. The Morgan fingerprint density at radius 3 is 1.61 bits per heavy atom. The second-order valence-electron chi connectivity index (χ2n) is 12.4. The zero-order chi connectivity index (χ0) is 27.5. The standard InChI is InChI=1S/C28H42O8/c1-17-19(34-23(29)26(2,3)4)20(32-16-18-14-12-11-13-15-18)21(35-24(30)27(5,6)7)22(33-17)36-25(31)28(8,9)10/h11-15,17,19-22H,16H2,1-10H3/t17-,19-,20+,21-,22-/m1/s1.